The van der Waals surface area contributed by atoms with Crippen LogP contribution in [0.2, 0.25) is 0 Å². The molecule has 5 heteroatoms. The lowest BCUT2D eigenvalue weighted by atomic mass is 10.1. The van der Waals surface area contributed by atoms with Crippen molar-refractivity contribution in [3.05, 3.63) is 35.6 Å². The first-order chi connectivity index (χ1) is 9.65. The van der Waals surface area contributed by atoms with Crippen molar-refractivity contribution in [3.63, 3.8) is 0 Å². The molecule has 0 unspecified atom stereocenters. The van der Waals surface area contributed by atoms with Gasteiger partial charge in [0, 0.05) is 19.2 Å². The lowest BCUT2D eigenvalue weighted by Gasteiger charge is -2.19. The molecule has 1 saturated heterocycles. The van der Waals surface area contributed by atoms with E-state index in [2.05, 4.69) is 10.6 Å². The summed E-state index contributed by atoms with van der Waals surface area (Å²) >= 11 is 0. The van der Waals surface area contributed by atoms with Crippen LogP contribution in [0.25, 0.3) is 0 Å². The van der Waals surface area contributed by atoms with Crippen LogP contribution >= 0.6 is 0 Å². The Kier molecular flexibility index (Phi) is 5.49. The van der Waals surface area contributed by atoms with E-state index in [-0.39, 0.29) is 30.4 Å². The summed E-state index contributed by atoms with van der Waals surface area (Å²) in [6, 6.07) is 6.28. The van der Waals surface area contributed by atoms with Crippen LogP contribution in [-0.4, -0.2) is 31.2 Å². The Balaban J connectivity index is 1.66. The van der Waals surface area contributed by atoms with Crippen LogP contribution < -0.4 is 10.6 Å². The van der Waals surface area contributed by atoms with Gasteiger partial charge in [0.05, 0.1) is 12.6 Å². The zero-order valence-electron chi connectivity index (χ0n) is 11.7. The maximum atomic E-state index is 12.7. The van der Waals surface area contributed by atoms with Crippen molar-refractivity contribution in [1.82, 2.24) is 10.6 Å². The Bertz CT molecular complexity index is 430. The minimum atomic E-state index is -0.271. The molecule has 1 fully saturated rings. The van der Waals surface area contributed by atoms with Gasteiger partial charge in [-0.15, -0.1) is 0 Å². The molecule has 2 atom stereocenters. The SMILES string of the molecule is C[C@H](NCC(=O)NCc1ccc(F)cc1)[C@@H]1CCCO1. The number of carbonyl (C=O) groups is 1. The number of halogens is 1. The number of amides is 1. The predicted molar refractivity (Wildman–Crippen MR) is 74.7 cm³/mol. The van der Waals surface area contributed by atoms with Crippen LogP contribution in [0.3, 0.4) is 0 Å². The van der Waals surface area contributed by atoms with Crippen LogP contribution in [0.15, 0.2) is 24.3 Å². The summed E-state index contributed by atoms with van der Waals surface area (Å²) in [6.45, 7) is 3.52. The summed E-state index contributed by atoms with van der Waals surface area (Å²) < 4.78 is 18.3. The van der Waals surface area contributed by atoms with E-state index in [0.717, 1.165) is 25.0 Å². The minimum absolute atomic E-state index is 0.0702. The predicted octanol–water partition coefficient (Wildman–Crippen LogP) is 1.60. The first kappa shape index (κ1) is 14.9. The lowest BCUT2D eigenvalue weighted by molar-refractivity contribution is -0.120. The molecule has 1 aliphatic heterocycles. The average Bonchev–Trinajstić information content (AvgIpc) is 2.98. The maximum Gasteiger partial charge on any atom is 0.234 e. The quantitative estimate of drug-likeness (QED) is 0.832. The van der Waals surface area contributed by atoms with Crippen molar-refractivity contribution < 1.29 is 13.9 Å². The third kappa shape index (κ3) is 4.58. The fourth-order valence-electron chi connectivity index (χ4n) is 2.25. The molecule has 0 aliphatic carbocycles. The van der Waals surface area contributed by atoms with E-state index >= 15 is 0 Å². The second-order valence-electron chi connectivity index (χ2n) is 5.12. The second-order valence-corrected chi connectivity index (χ2v) is 5.12. The second kappa shape index (κ2) is 7.36. The maximum absolute atomic E-state index is 12.7. The van der Waals surface area contributed by atoms with Gasteiger partial charge in [0.2, 0.25) is 5.91 Å². The molecule has 0 saturated carbocycles. The highest BCUT2D eigenvalue weighted by Gasteiger charge is 2.22. The van der Waals surface area contributed by atoms with Crippen molar-refractivity contribution in [2.45, 2.75) is 38.5 Å². The third-order valence-corrected chi connectivity index (χ3v) is 3.51. The monoisotopic (exact) mass is 280 g/mol. The van der Waals surface area contributed by atoms with Gasteiger partial charge in [-0.1, -0.05) is 12.1 Å². The smallest absolute Gasteiger partial charge is 0.234 e. The molecular formula is C15H21FN2O2. The standard InChI is InChI=1S/C15H21FN2O2/c1-11(14-3-2-8-20-14)17-10-15(19)18-9-12-4-6-13(16)7-5-12/h4-7,11,14,17H,2-3,8-10H2,1H3,(H,18,19)/t11-,14-/m0/s1. The summed E-state index contributed by atoms with van der Waals surface area (Å²) in [5, 5.41) is 5.97. The van der Waals surface area contributed by atoms with E-state index in [4.69, 9.17) is 4.74 Å². The van der Waals surface area contributed by atoms with Crippen LogP contribution in [-0.2, 0) is 16.1 Å². The fraction of sp³-hybridized carbons (Fsp3) is 0.533. The molecule has 1 aromatic carbocycles. The van der Waals surface area contributed by atoms with E-state index in [1.165, 1.54) is 12.1 Å². The Morgan fingerprint density at radius 3 is 2.85 bits per heavy atom. The number of rotatable bonds is 6. The molecule has 1 aromatic rings. The average molecular weight is 280 g/mol. The van der Waals surface area contributed by atoms with Crippen LogP contribution in [0.5, 0.6) is 0 Å². The first-order valence-corrected chi connectivity index (χ1v) is 7.01. The fourth-order valence-corrected chi connectivity index (χ4v) is 2.25. The Labute approximate surface area is 118 Å². The van der Waals surface area contributed by atoms with Crippen LogP contribution in [0.4, 0.5) is 4.39 Å². The topological polar surface area (TPSA) is 50.4 Å². The zero-order chi connectivity index (χ0) is 14.4. The summed E-state index contributed by atoms with van der Waals surface area (Å²) in [7, 11) is 0. The van der Waals surface area contributed by atoms with Gasteiger partial charge in [-0.25, -0.2) is 4.39 Å². The van der Waals surface area contributed by atoms with Crippen LogP contribution in [0, 0.1) is 5.82 Å². The molecule has 0 bridgehead atoms. The van der Waals surface area contributed by atoms with Gasteiger partial charge in [0.25, 0.3) is 0 Å². The van der Waals surface area contributed by atoms with Crippen molar-refractivity contribution >= 4 is 5.91 Å². The molecule has 0 spiro atoms. The largest absolute Gasteiger partial charge is 0.377 e. The third-order valence-electron chi connectivity index (χ3n) is 3.51. The summed E-state index contributed by atoms with van der Waals surface area (Å²) in [6.07, 6.45) is 2.35. The summed E-state index contributed by atoms with van der Waals surface area (Å²) in [4.78, 5) is 11.7. The van der Waals surface area contributed by atoms with Crippen molar-refractivity contribution in [3.8, 4) is 0 Å². The van der Waals surface area contributed by atoms with Crippen molar-refractivity contribution in [2.75, 3.05) is 13.2 Å². The highest BCUT2D eigenvalue weighted by Crippen LogP contribution is 2.15. The minimum Gasteiger partial charge on any atom is -0.377 e. The Hall–Kier alpha value is -1.46. The number of hydrogen-bond acceptors (Lipinski definition) is 3. The molecule has 110 valence electrons. The van der Waals surface area contributed by atoms with Crippen molar-refractivity contribution in [1.29, 1.82) is 0 Å². The number of benzene rings is 1. The Morgan fingerprint density at radius 1 is 1.45 bits per heavy atom. The molecule has 0 aromatic heterocycles. The number of ether oxygens (including phenoxy) is 1. The van der Waals surface area contributed by atoms with E-state index in [1.54, 1.807) is 12.1 Å². The molecule has 2 rings (SSSR count). The first-order valence-electron chi connectivity index (χ1n) is 7.01. The van der Waals surface area contributed by atoms with Crippen molar-refractivity contribution in [2.24, 2.45) is 0 Å². The normalized spacial score (nSPS) is 19.8. The lowest BCUT2D eigenvalue weighted by Crippen LogP contribution is -2.42. The number of carbonyl (C=O) groups excluding carboxylic acids is 1. The number of nitrogens with one attached hydrogen (secondary N) is 2. The molecule has 1 aliphatic rings. The molecule has 1 amide bonds. The molecular weight excluding hydrogens is 259 g/mol. The number of hydrogen-bond donors (Lipinski definition) is 2. The molecule has 4 nitrogen and oxygen atoms in total. The van der Waals surface area contributed by atoms with Crippen LogP contribution in [0.1, 0.15) is 25.3 Å². The van der Waals surface area contributed by atoms with E-state index in [1.807, 2.05) is 6.92 Å². The van der Waals surface area contributed by atoms with Gasteiger partial charge in [0.1, 0.15) is 5.82 Å². The van der Waals surface area contributed by atoms with Gasteiger partial charge in [0.15, 0.2) is 0 Å². The molecule has 2 N–H and O–H groups in total. The van der Waals surface area contributed by atoms with Gasteiger partial charge in [-0.05, 0) is 37.5 Å². The summed E-state index contributed by atoms with van der Waals surface area (Å²) in [5.74, 6) is -0.341. The van der Waals surface area contributed by atoms with Gasteiger partial charge in [-0.2, -0.15) is 0 Å². The van der Waals surface area contributed by atoms with Gasteiger partial charge >= 0.3 is 0 Å². The highest BCUT2D eigenvalue weighted by atomic mass is 19.1. The van der Waals surface area contributed by atoms with E-state index < -0.39 is 0 Å². The van der Waals surface area contributed by atoms with Gasteiger partial charge in [-0.3, -0.25) is 4.79 Å². The Morgan fingerprint density at radius 2 is 2.20 bits per heavy atom. The van der Waals surface area contributed by atoms with Gasteiger partial charge < -0.3 is 15.4 Å². The highest BCUT2D eigenvalue weighted by molar-refractivity contribution is 5.78. The summed E-state index contributed by atoms with van der Waals surface area (Å²) in [5.41, 5.74) is 0.881. The van der Waals surface area contributed by atoms with E-state index in [0.29, 0.717) is 6.54 Å². The molecule has 20 heavy (non-hydrogen) atoms. The van der Waals surface area contributed by atoms with E-state index in [9.17, 15) is 9.18 Å². The molecule has 1 heterocycles. The molecule has 0 radical (unpaired) electrons. The zero-order valence-corrected chi connectivity index (χ0v) is 11.7.